The quantitative estimate of drug-likeness (QED) is 0.359. The van der Waals surface area contributed by atoms with Crippen molar-refractivity contribution < 1.29 is 22.7 Å². The Morgan fingerprint density at radius 1 is 0.914 bits per heavy atom. The van der Waals surface area contributed by atoms with Crippen molar-refractivity contribution in [1.29, 1.82) is 0 Å². The molecule has 1 aromatic heterocycles. The minimum Gasteiger partial charge on any atom is -0.450 e. The number of hydrogen-bond donors (Lipinski definition) is 2. The lowest BCUT2D eigenvalue weighted by Crippen LogP contribution is -2.28. The van der Waals surface area contributed by atoms with Crippen LogP contribution < -0.4 is 10.5 Å². The van der Waals surface area contributed by atoms with Crippen LogP contribution in [0.1, 0.15) is 16.2 Å². The van der Waals surface area contributed by atoms with Gasteiger partial charge in [-0.05, 0) is 29.8 Å². The Kier molecular flexibility index (Phi) is 6.99. The number of amides is 1. The van der Waals surface area contributed by atoms with Crippen molar-refractivity contribution in [1.82, 2.24) is 20.1 Å². The van der Waals surface area contributed by atoms with Gasteiger partial charge in [-0.1, -0.05) is 60.7 Å². The molecule has 0 unspecified atom stereocenters. The number of para-hydroxylation sites is 1. The number of nitrogens with two attached hydrogens (primary N) is 1. The summed E-state index contributed by atoms with van der Waals surface area (Å²) in [6.07, 6.45) is 0. The topological polar surface area (TPSA) is 146 Å². The molecule has 0 atom stereocenters. The van der Waals surface area contributed by atoms with Gasteiger partial charge >= 0.3 is 5.97 Å². The van der Waals surface area contributed by atoms with E-state index in [4.69, 9.17) is 9.88 Å². The summed E-state index contributed by atoms with van der Waals surface area (Å²) in [4.78, 5) is 29.0. The monoisotopic (exact) mass is 491 g/mol. The molecule has 0 fully saturated rings. The van der Waals surface area contributed by atoms with E-state index in [0.29, 0.717) is 17.1 Å². The molecule has 0 spiro atoms. The Labute approximate surface area is 201 Å². The van der Waals surface area contributed by atoms with E-state index in [1.54, 1.807) is 0 Å². The molecule has 178 valence electrons. The number of nitrogens with one attached hydrogen (secondary N) is 1. The molecule has 11 heteroatoms. The van der Waals surface area contributed by atoms with Gasteiger partial charge in [0.15, 0.2) is 12.4 Å². The zero-order valence-electron chi connectivity index (χ0n) is 18.4. The summed E-state index contributed by atoms with van der Waals surface area (Å²) >= 11 is 0. The number of benzene rings is 3. The molecule has 35 heavy (non-hydrogen) atoms. The van der Waals surface area contributed by atoms with Crippen LogP contribution in [0.2, 0.25) is 0 Å². The van der Waals surface area contributed by atoms with Crippen molar-refractivity contribution in [3.05, 3.63) is 96.3 Å². The average molecular weight is 492 g/mol. The minimum atomic E-state index is -3.79. The number of nitrogens with zero attached hydrogens (tertiary/aromatic N) is 3. The van der Waals surface area contributed by atoms with Crippen LogP contribution in [0.25, 0.3) is 17.1 Å². The lowest BCUT2D eigenvalue weighted by Gasteiger charge is -2.06. The Morgan fingerprint density at radius 3 is 2.17 bits per heavy atom. The fourth-order valence-corrected chi connectivity index (χ4v) is 3.68. The van der Waals surface area contributed by atoms with Gasteiger partial charge in [0.2, 0.25) is 10.0 Å². The highest BCUT2D eigenvalue weighted by Gasteiger charge is 2.20. The van der Waals surface area contributed by atoms with Crippen molar-refractivity contribution in [2.24, 2.45) is 5.14 Å². The predicted molar refractivity (Wildman–Crippen MR) is 127 cm³/mol. The van der Waals surface area contributed by atoms with E-state index in [1.165, 1.54) is 28.9 Å². The maximum atomic E-state index is 12.6. The summed E-state index contributed by atoms with van der Waals surface area (Å²) < 4.78 is 29.3. The first-order valence-electron chi connectivity index (χ1n) is 10.4. The number of primary sulfonamides is 1. The van der Waals surface area contributed by atoms with Gasteiger partial charge in [-0.2, -0.15) is 0 Å². The third kappa shape index (κ3) is 5.96. The van der Waals surface area contributed by atoms with E-state index in [0.717, 1.165) is 5.56 Å². The van der Waals surface area contributed by atoms with Crippen molar-refractivity contribution >= 4 is 21.9 Å². The van der Waals surface area contributed by atoms with Crippen LogP contribution in [-0.4, -0.2) is 41.7 Å². The maximum Gasteiger partial charge on any atom is 0.378 e. The van der Waals surface area contributed by atoms with E-state index in [9.17, 15) is 18.0 Å². The summed E-state index contributed by atoms with van der Waals surface area (Å²) in [6.45, 7) is -0.422. The number of hydrogen-bond acceptors (Lipinski definition) is 7. The zero-order chi connectivity index (χ0) is 24.8. The first kappa shape index (κ1) is 23.8. The molecule has 1 heterocycles. The second kappa shape index (κ2) is 10.3. The molecule has 0 aliphatic rings. The second-order valence-electron chi connectivity index (χ2n) is 7.41. The molecule has 0 aliphatic heterocycles. The first-order chi connectivity index (χ1) is 16.8. The number of ether oxygens (including phenoxy) is 1. The van der Waals surface area contributed by atoms with Crippen molar-refractivity contribution in [3.8, 4) is 17.1 Å². The van der Waals surface area contributed by atoms with E-state index in [1.807, 2.05) is 60.7 Å². The van der Waals surface area contributed by atoms with Gasteiger partial charge in [0, 0.05) is 12.1 Å². The van der Waals surface area contributed by atoms with Gasteiger partial charge in [0.25, 0.3) is 11.7 Å². The molecule has 0 saturated carbocycles. The molecular weight excluding hydrogens is 470 g/mol. The molecule has 4 aromatic rings. The highest BCUT2D eigenvalue weighted by molar-refractivity contribution is 7.89. The number of esters is 1. The number of aromatic nitrogens is 3. The van der Waals surface area contributed by atoms with Gasteiger partial charge in [0.1, 0.15) is 0 Å². The Balaban J connectivity index is 1.41. The molecule has 4 rings (SSSR count). The third-order valence-corrected chi connectivity index (χ3v) is 5.83. The largest absolute Gasteiger partial charge is 0.450 e. The smallest absolute Gasteiger partial charge is 0.378 e. The standard InChI is InChI=1S/C24H21N5O5S/c25-35(32,33)20-13-11-17(12-14-20)15-26-21(30)16-34-24(31)22-27-23(18-7-3-1-4-8-18)29(28-22)19-9-5-2-6-10-19/h1-14H,15-16H2,(H,26,30)(H2,25,32,33). The van der Waals surface area contributed by atoms with Gasteiger partial charge in [0.05, 0.1) is 10.6 Å². The number of sulfonamides is 1. The minimum absolute atomic E-state index is 0.0289. The van der Waals surface area contributed by atoms with Crippen LogP contribution in [-0.2, 0) is 26.1 Å². The van der Waals surface area contributed by atoms with Crippen LogP contribution in [0.5, 0.6) is 0 Å². The second-order valence-corrected chi connectivity index (χ2v) is 8.98. The summed E-state index contributed by atoms with van der Waals surface area (Å²) in [5.74, 6) is -1.11. The number of rotatable bonds is 8. The summed E-state index contributed by atoms with van der Waals surface area (Å²) in [5.41, 5.74) is 2.12. The Morgan fingerprint density at radius 2 is 1.54 bits per heavy atom. The molecular formula is C24H21N5O5S. The fraction of sp³-hybridized carbons (Fsp3) is 0.0833. The maximum absolute atomic E-state index is 12.6. The third-order valence-electron chi connectivity index (χ3n) is 4.90. The Hall–Kier alpha value is -4.35. The number of carbonyl (C=O) groups excluding carboxylic acids is 2. The van der Waals surface area contributed by atoms with Crippen molar-refractivity contribution in [2.75, 3.05) is 6.61 Å². The predicted octanol–water partition coefficient (Wildman–Crippen LogP) is 2.05. The zero-order valence-corrected chi connectivity index (χ0v) is 19.2. The van der Waals surface area contributed by atoms with E-state index in [-0.39, 0.29) is 17.3 Å². The normalized spacial score (nSPS) is 11.1. The van der Waals surface area contributed by atoms with Crippen LogP contribution >= 0.6 is 0 Å². The van der Waals surface area contributed by atoms with E-state index >= 15 is 0 Å². The molecule has 10 nitrogen and oxygen atoms in total. The van der Waals surface area contributed by atoms with Gasteiger partial charge in [-0.15, -0.1) is 5.10 Å². The molecule has 0 bridgehead atoms. The van der Waals surface area contributed by atoms with Gasteiger partial charge in [-0.3, -0.25) is 4.79 Å². The van der Waals surface area contributed by atoms with E-state index in [2.05, 4.69) is 15.4 Å². The summed E-state index contributed by atoms with van der Waals surface area (Å²) in [6, 6.07) is 24.2. The molecule has 3 N–H and O–H groups in total. The highest BCUT2D eigenvalue weighted by atomic mass is 32.2. The first-order valence-corrected chi connectivity index (χ1v) is 12.0. The highest BCUT2D eigenvalue weighted by Crippen LogP contribution is 2.21. The van der Waals surface area contributed by atoms with Crippen LogP contribution in [0.3, 0.4) is 0 Å². The van der Waals surface area contributed by atoms with Crippen molar-refractivity contribution in [2.45, 2.75) is 11.4 Å². The lowest BCUT2D eigenvalue weighted by atomic mass is 10.2. The Bertz CT molecular complexity index is 1380. The van der Waals surface area contributed by atoms with E-state index < -0.39 is 28.5 Å². The van der Waals surface area contributed by atoms with Crippen LogP contribution in [0.4, 0.5) is 0 Å². The lowest BCUT2D eigenvalue weighted by molar-refractivity contribution is -0.124. The summed E-state index contributed by atoms with van der Waals surface area (Å²) in [5, 5.41) is 11.9. The molecule has 1 amide bonds. The average Bonchev–Trinajstić information content (AvgIpc) is 3.32. The molecule has 0 saturated heterocycles. The molecule has 0 aliphatic carbocycles. The fourth-order valence-electron chi connectivity index (χ4n) is 3.17. The molecule has 3 aromatic carbocycles. The van der Waals surface area contributed by atoms with Gasteiger partial charge in [-0.25, -0.2) is 28.0 Å². The van der Waals surface area contributed by atoms with Gasteiger partial charge < -0.3 is 10.1 Å². The van der Waals surface area contributed by atoms with Crippen molar-refractivity contribution in [3.63, 3.8) is 0 Å². The number of carbonyl (C=O) groups is 2. The summed E-state index contributed by atoms with van der Waals surface area (Å²) in [7, 11) is -3.79. The molecule has 0 radical (unpaired) electrons. The van der Waals surface area contributed by atoms with Crippen LogP contribution in [0, 0.1) is 0 Å². The SMILES string of the molecule is NS(=O)(=O)c1ccc(CNC(=O)COC(=O)c2nc(-c3ccccc3)n(-c3ccccc3)n2)cc1. The van der Waals surface area contributed by atoms with Crippen LogP contribution in [0.15, 0.2) is 89.8 Å².